The molecule has 0 spiro atoms. The molecule has 0 heterocycles. The number of halogens is 1. The van der Waals surface area contributed by atoms with E-state index in [1.807, 2.05) is 20.8 Å². The Kier molecular flexibility index (Phi) is 6.14. The van der Waals surface area contributed by atoms with Crippen molar-refractivity contribution in [1.82, 2.24) is 10.6 Å². The molecule has 0 aromatic heterocycles. The molecular weight excluding hydrogens is 264 g/mol. The van der Waals surface area contributed by atoms with E-state index in [-0.39, 0.29) is 6.09 Å². The van der Waals surface area contributed by atoms with Crippen molar-refractivity contribution >= 4 is 17.7 Å². The predicted molar refractivity (Wildman–Crippen MR) is 78.4 cm³/mol. The number of alkyl carbamates (subject to hydrolysis) is 1. The summed E-state index contributed by atoms with van der Waals surface area (Å²) in [5.41, 5.74) is -0.451. The summed E-state index contributed by atoms with van der Waals surface area (Å²) in [6, 6.07) is 0.394. The lowest BCUT2D eigenvalue weighted by atomic mass is 10.0. The average Bonchev–Trinajstić information content (AvgIpc) is 2.68. The van der Waals surface area contributed by atoms with E-state index < -0.39 is 5.60 Å². The van der Waals surface area contributed by atoms with Crippen molar-refractivity contribution in [2.45, 2.75) is 51.7 Å². The number of amides is 1. The molecule has 1 saturated carbocycles. The van der Waals surface area contributed by atoms with Crippen molar-refractivity contribution in [3.8, 4) is 0 Å². The molecule has 1 rings (SSSR count). The summed E-state index contributed by atoms with van der Waals surface area (Å²) in [4.78, 5) is 11.6. The van der Waals surface area contributed by atoms with Crippen LogP contribution in [0.2, 0.25) is 0 Å². The van der Waals surface area contributed by atoms with E-state index >= 15 is 0 Å². The molecule has 1 fully saturated rings. The van der Waals surface area contributed by atoms with Crippen molar-refractivity contribution < 1.29 is 9.53 Å². The molecule has 0 bridgehead atoms. The maximum Gasteiger partial charge on any atom is 0.407 e. The minimum Gasteiger partial charge on any atom is -0.444 e. The average molecular weight is 289 g/mol. The van der Waals surface area contributed by atoms with Crippen molar-refractivity contribution in [2.24, 2.45) is 5.92 Å². The number of carbonyl (C=O) groups is 1. The molecule has 0 aliphatic heterocycles. The maximum absolute atomic E-state index is 11.6. The molecular formula is C14H25ClN2O2. The van der Waals surface area contributed by atoms with E-state index in [0.29, 0.717) is 30.1 Å². The molecule has 5 heteroatoms. The fraction of sp³-hybridized carbons (Fsp3) is 0.786. The number of carbonyl (C=O) groups excluding carboxylic acids is 1. The third kappa shape index (κ3) is 6.83. The van der Waals surface area contributed by atoms with Crippen LogP contribution in [0, 0.1) is 5.92 Å². The third-order valence-electron chi connectivity index (χ3n) is 3.12. The van der Waals surface area contributed by atoms with Crippen LogP contribution in [-0.2, 0) is 4.74 Å². The van der Waals surface area contributed by atoms with Crippen LogP contribution in [0.1, 0.15) is 40.0 Å². The quantitative estimate of drug-likeness (QED) is 0.817. The Morgan fingerprint density at radius 1 is 1.42 bits per heavy atom. The van der Waals surface area contributed by atoms with Crippen molar-refractivity contribution in [1.29, 1.82) is 0 Å². The zero-order chi connectivity index (χ0) is 14.5. The molecule has 4 nitrogen and oxygen atoms in total. The highest BCUT2D eigenvalue weighted by molar-refractivity contribution is 6.29. The summed E-state index contributed by atoms with van der Waals surface area (Å²) >= 11 is 5.76. The van der Waals surface area contributed by atoms with Crippen LogP contribution >= 0.6 is 11.6 Å². The standard InChI is InChI=1S/C14H25ClN2O2/c1-10(15)8-16-12-7-5-6-11(12)9-17-13(18)19-14(2,3)4/h11-12,16H,1,5-9H2,2-4H3,(H,17,18). The van der Waals surface area contributed by atoms with Crippen LogP contribution in [0.25, 0.3) is 0 Å². The van der Waals surface area contributed by atoms with E-state index in [1.54, 1.807) is 0 Å². The minimum atomic E-state index is -0.451. The normalized spacial score (nSPS) is 23.2. The lowest BCUT2D eigenvalue weighted by Gasteiger charge is -2.23. The van der Waals surface area contributed by atoms with Gasteiger partial charge >= 0.3 is 6.09 Å². The zero-order valence-corrected chi connectivity index (χ0v) is 12.8. The zero-order valence-electron chi connectivity index (χ0n) is 12.1. The van der Waals surface area contributed by atoms with Gasteiger partial charge in [0.05, 0.1) is 0 Å². The Bertz CT molecular complexity index is 326. The van der Waals surface area contributed by atoms with Gasteiger partial charge in [-0.3, -0.25) is 0 Å². The van der Waals surface area contributed by atoms with Crippen molar-refractivity contribution in [3.63, 3.8) is 0 Å². The van der Waals surface area contributed by atoms with E-state index in [9.17, 15) is 4.79 Å². The van der Waals surface area contributed by atoms with Gasteiger partial charge in [-0.1, -0.05) is 24.6 Å². The Balaban J connectivity index is 2.31. The largest absolute Gasteiger partial charge is 0.444 e. The molecule has 1 amide bonds. The molecule has 0 saturated heterocycles. The second kappa shape index (κ2) is 7.15. The van der Waals surface area contributed by atoms with Gasteiger partial charge in [0.2, 0.25) is 0 Å². The number of hydrogen-bond acceptors (Lipinski definition) is 3. The molecule has 1 aliphatic carbocycles. The topological polar surface area (TPSA) is 50.4 Å². The molecule has 2 unspecified atom stereocenters. The highest BCUT2D eigenvalue weighted by atomic mass is 35.5. The van der Waals surface area contributed by atoms with E-state index in [4.69, 9.17) is 16.3 Å². The van der Waals surface area contributed by atoms with Gasteiger partial charge in [0.25, 0.3) is 0 Å². The summed E-state index contributed by atoms with van der Waals surface area (Å²) < 4.78 is 5.23. The molecule has 2 atom stereocenters. The third-order valence-corrected chi connectivity index (χ3v) is 3.26. The molecule has 0 aromatic rings. The van der Waals surface area contributed by atoms with Gasteiger partial charge in [0.15, 0.2) is 0 Å². The van der Waals surface area contributed by atoms with Gasteiger partial charge in [-0.25, -0.2) is 4.79 Å². The fourth-order valence-electron chi connectivity index (χ4n) is 2.32. The van der Waals surface area contributed by atoms with Gasteiger partial charge in [-0.05, 0) is 39.5 Å². The molecule has 2 N–H and O–H groups in total. The smallest absolute Gasteiger partial charge is 0.407 e. The molecule has 0 aromatic carbocycles. The van der Waals surface area contributed by atoms with E-state index in [2.05, 4.69) is 17.2 Å². The Morgan fingerprint density at radius 3 is 2.68 bits per heavy atom. The summed E-state index contributed by atoms with van der Waals surface area (Å²) in [6.07, 6.45) is 3.06. The second-order valence-corrected chi connectivity index (χ2v) is 6.61. The molecule has 19 heavy (non-hydrogen) atoms. The monoisotopic (exact) mass is 288 g/mol. The first kappa shape index (κ1) is 16.3. The molecule has 0 radical (unpaired) electrons. The summed E-state index contributed by atoms with van der Waals surface area (Å²) in [5.74, 6) is 0.434. The number of ether oxygens (including phenoxy) is 1. The van der Waals surface area contributed by atoms with Crippen LogP contribution in [0.5, 0.6) is 0 Å². The van der Waals surface area contributed by atoms with Gasteiger partial charge in [-0.15, -0.1) is 0 Å². The SMILES string of the molecule is C=C(Cl)CNC1CCCC1CNC(=O)OC(C)(C)C. The first-order chi connectivity index (χ1) is 8.78. The highest BCUT2D eigenvalue weighted by Gasteiger charge is 2.27. The van der Waals surface area contributed by atoms with Crippen LogP contribution < -0.4 is 10.6 Å². The van der Waals surface area contributed by atoms with Gasteiger partial charge in [0.1, 0.15) is 5.60 Å². The number of nitrogens with one attached hydrogen (secondary N) is 2. The Hall–Kier alpha value is -0.740. The Morgan fingerprint density at radius 2 is 2.11 bits per heavy atom. The first-order valence-corrected chi connectivity index (χ1v) is 7.19. The van der Waals surface area contributed by atoms with Crippen LogP contribution in [-0.4, -0.2) is 30.8 Å². The van der Waals surface area contributed by atoms with Crippen molar-refractivity contribution in [2.75, 3.05) is 13.1 Å². The Labute approximate surface area is 120 Å². The predicted octanol–water partition coefficient (Wildman–Crippen LogP) is 3.02. The van der Waals surface area contributed by atoms with Crippen LogP contribution in [0.4, 0.5) is 4.79 Å². The van der Waals surface area contributed by atoms with E-state index in [0.717, 1.165) is 12.8 Å². The minimum absolute atomic E-state index is 0.347. The summed E-state index contributed by atoms with van der Waals surface area (Å²) in [7, 11) is 0. The summed E-state index contributed by atoms with van der Waals surface area (Å²) in [5, 5.41) is 6.84. The lowest BCUT2D eigenvalue weighted by Crippen LogP contribution is -2.41. The van der Waals surface area contributed by atoms with Gasteiger partial charge in [-0.2, -0.15) is 0 Å². The molecule has 110 valence electrons. The lowest BCUT2D eigenvalue weighted by molar-refractivity contribution is 0.0517. The fourth-order valence-corrected chi connectivity index (χ4v) is 2.40. The number of rotatable bonds is 5. The van der Waals surface area contributed by atoms with Crippen LogP contribution in [0.3, 0.4) is 0 Å². The van der Waals surface area contributed by atoms with E-state index in [1.165, 1.54) is 6.42 Å². The van der Waals surface area contributed by atoms with Crippen molar-refractivity contribution in [3.05, 3.63) is 11.6 Å². The molecule has 1 aliphatic rings. The highest BCUT2D eigenvalue weighted by Crippen LogP contribution is 2.25. The second-order valence-electron chi connectivity index (χ2n) is 6.08. The maximum atomic E-state index is 11.6. The first-order valence-electron chi connectivity index (χ1n) is 6.81. The number of hydrogen-bond donors (Lipinski definition) is 2. The van der Waals surface area contributed by atoms with Gasteiger partial charge < -0.3 is 15.4 Å². The summed E-state index contributed by atoms with van der Waals surface area (Å²) in [6.45, 7) is 10.5. The van der Waals surface area contributed by atoms with Gasteiger partial charge in [0, 0.05) is 24.2 Å². The van der Waals surface area contributed by atoms with Crippen LogP contribution in [0.15, 0.2) is 11.6 Å².